The third-order valence-corrected chi connectivity index (χ3v) is 3.74. The predicted molar refractivity (Wildman–Crippen MR) is 93.1 cm³/mol. The fraction of sp³-hybridized carbons (Fsp3) is 0.235. The van der Waals surface area contributed by atoms with Gasteiger partial charge < -0.3 is 5.32 Å². The molecule has 0 unspecified atom stereocenters. The molecule has 0 spiro atoms. The maximum absolute atomic E-state index is 12.6. The molecule has 2 rings (SSSR count). The van der Waals surface area contributed by atoms with Gasteiger partial charge in [-0.3, -0.25) is 5.01 Å². The first-order valence-electron chi connectivity index (χ1n) is 7.16. The summed E-state index contributed by atoms with van der Waals surface area (Å²) >= 11 is 6.03. The van der Waals surface area contributed by atoms with Crippen molar-refractivity contribution in [1.29, 1.82) is 0 Å². The Labute approximate surface area is 143 Å². The van der Waals surface area contributed by atoms with Crippen LogP contribution in [0, 0.1) is 0 Å². The maximum atomic E-state index is 12.6. The number of halogens is 4. The Morgan fingerprint density at radius 3 is 2.29 bits per heavy atom. The van der Waals surface area contributed by atoms with Crippen LogP contribution in [0.25, 0.3) is 0 Å². The Kier molecular flexibility index (Phi) is 5.39. The Balaban J connectivity index is 2.28. The highest BCUT2D eigenvalue weighted by Gasteiger charge is 2.30. The van der Waals surface area contributed by atoms with E-state index in [1.54, 1.807) is 26.2 Å². The number of hydrogen-bond donors (Lipinski definition) is 1. The highest BCUT2D eigenvalue weighted by molar-refractivity contribution is 6.31. The number of nitrogens with zero attached hydrogens (tertiary/aromatic N) is 2. The van der Waals surface area contributed by atoms with Crippen molar-refractivity contribution in [2.24, 2.45) is 5.10 Å². The van der Waals surface area contributed by atoms with Crippen LogP contribution in [0.2, 0.25) is 5.02 Å². The van der Waals surface area contributed by atoms with Gasteiger partial charge in [0.25, 0.3) is 0 Å². The van der Waals surface area contributed by atoms with E-state index in [2.05, 4.69) is 10.4 Å². The standard InChI is InChI=1S/C17H17ClF3N3/c1-11(15-10-13(18)6-9-16(15)22-2)23-24(3)14-7-4-12(5-8-14)17(19,20)21/h4-10,22H,1-3H3/b23-11+. The van der Waals surface area contributed by atoms with E-state index in [9.17, 15) is 13.2 Å². The topological polar surface area (TPSA) is 27.6 Å². The van der Waals surface area contributed by atoms with Gasteiger partial charge >= 0.3 is 6.18 Å². The van der Waals surface area contributed by atoms with Crippen LogP contribution in [-0.2, 0) is 6.18 Å². The van der Waals surface area contributed by atoms with Gasteiger partial charge in [0.2, 0.25) is 0 Å². The van der Waals surface area contributed by atoms with Gasteiger partial charge in [-0.25, -0.2) is 0 Å². The van der Waals surface area contributed by atoms with E-state index in [1.807, 2.05) is 13.0 Å². The van der Waals surface area contributed by atoms with Crippen LogP contribution in [0.3, 0.4) is 0 Å². The second kappa shape index (κ2) is 7.13. The summed E-state index contributed by atoms with van der Waals surface area (Å²) in [6.07, 6.45) is -4.35. The van der Waals surface area contributed by atoms with Gasteiger partial charge in [-0.2, -0.15) is 18.3 Å². The summed E-state index contributed by atoms with van der Waals surface area (Å²) in [6.45, 7) is 1.81. The smallest absolute Gasteiger partial charge is 0.388 e. The molecule has 0 amide bonds. The van der Waals surface area contributed by atoms with Crippen molar-refractivity contribution in [3.05, 3.63) is 58.6 Å². The molecule has 128 valence electrons. The lowest BCUT2D eigenvalue weighted by atomic mass is 10.1. The average molecular weight is 356 g/mol. The van der Waals surface area contributed by atoms with Crippen LogP contribution in [0.15, 0.2) is 47.6 Å². The SMILES string of the molecule is CNc1ccc(Cl)cc1/C(C)=N/N(C)c1ccc(C(F)(F)F)cc1. The van der Waals surface area contributed by atoms with Crippen LogP contribution in [0.4, 0.5) is 24.5 Å². The molecule has 0 atom stereocenters. The molecule has 2 aromatic rings. The third kappa shape index (κ3) is 4.20. The first kappa shape index (κ1) is 18.1. The van der Waals surface area contributed by atoms with Crippen molar-refractivity contribution in [1.82, 2.24) is 0 Å². The van der Waals surface area contributed by atoms with Crippen molar-refractivity contribution >= 4 is 28.7 Å². The molecule has 2 aromatic carbocycles. The molecule has 7 heteroatoms. The van der Waals surface area contributed by atoms with E-state index in [-0.39, 0.29) is 0 Å². The Morgan fingerprint density at radius 2 is 1.75 bits per heavy atom. The van der Waals surface area contributed by atoms with Crippen LogP contribution in [0.1, 0.15) is 18.1 Å². The van der Waals surface area contributed by atoms with Gasteiger partial charge in [0.15, 0.2) is 0 Å². The Bertz CT molecular complexity index is 740. The molecule has 0 aliphatic rings. The van der Waals surface area contributed by atoms with Crippen LogP contribution >= 0.6 is 11.6 Å². The fourth-order valence-corrected chi connectivity index (χ4v) is 2.41. The lowest BCUT2D eigenvalue weighted by molar-refractivity contribution is -0.137. The van der Waals surface area contributed by atoms with Gasteiger partial charge in [-0.1, -0.05) is 11.6 Å². The number of benzene rings is 2. The molecular weight excluding hydrogens is 339 g/mol. The molecule has 24 heavy (non-hydrogen) atoms. The molecule has 0 aliphatic carbocycles. The van der Waals surface area contributed by atoms with Crippen molar-refractivity contribution in [2.45, 2.75) is 13.1 Å². The highest BCUT2D eigenvalue weighted by atomic mass is 35.5. The minimum atomic E-state index is -4.35. The number of alkyl halides is 3. The predicted octanol–water partition coefficient (Wildman–Crippen LogP) is 5.26. The summed E-state index contributed by atoms with van der Waals surface area (Å²) in [5.41, 5.74) is 2.23. The highest BCUT2D eigenvalue weighted by Crippen LogP contribution is 2.30. The minimum absolute atomic E-state index is 0.551. The molecule has 1 N–H and O–H groups in total. The molecular formula is C17H17ClF3N3. The molecule has 3 nitrogen and oxygen atoms in total. The zero-order valence-electron chi connectivity index (χ0n) is 13.4. The quantitative estimate of drug-likeness (QED) is 0.598. The van der Waals surface area contributed by atoms with E-state index in [4.69, 9.17) is 11.6 Å². The van der Waals surface area contributed by atoms with Gasteiger partial charge in [-0.05, 0) is 49.4 Å². The lowest BCUT2D eigenvalue weighted by Gasteiger charge is -2.17. The molecule has 0 aliphatic heterocycles. The molecule has 0 saturated carbocycles. The van der Waals surface area contributed by atoms with Crippen molar-refractivity contribution in [3.63, 3.8) is 0 Å². The summed E-state index contributed by atoms with van der Waals surface area (Å²) in [6, 6.07) is 10.2. The zero-order chi connectivity index (χ0) is 17.9. The minimum Gasteiger partial charge on any atom is -0.388 e. The van der Waals surface area contributed by atoms with E-state index in [0.717, 1.165) is 23.4 Å². The number of rotatable bonds is 4. The molecule has 0 fully saturated rings. The van der Waals surface area contributed by atoms with Gasteiger partial charge in [0, 0.05) is 30.4 Å². The number of hydrazone groups is 1. The lowest BCUT2D eigenvalue weighted by Crippen LogP contribution is -2.14. The first-order chi connectivity index (χ1) is 11.2. The maximum Gasteiger partial charge on any atom is 0.416 e. The number of anilines is 2. The third-order valence-electron chi connectivity index (χ3n) is 3.51. The molecule has 0 saturated heterocycles. The van der Waals surface area contributed by atoms with E-state index in [0.29, 0.717) is 16.4 Å². The largest absolute Gasteiger partial charge is 0.416 e. The second-order valence-corrected chi connectivity index (χ2v) is 5.63. The summed E-state index contributed by atoms with van der Waals surface area (Å²) < 4.78 is 37.8. The second-order valence-electron chi connectivity index (χ2n) is 5.19. The van der Waals surface area contributed by atoms with E-state index in [1.165, 1.54) is 17.1 Å². The Morgan fingerprint density at radius 1 is 1.12 bits per heavy atom. The Hall–Kier alpha value is -2.21. The fourth-order valence-electron chi connectivity index (χ4n) is 2.24. The van der Waals surface area contributed by atoms with Gasteiger partial charge in [0.05, 0.1) is 17.0 Å². The summed E-state index contributed by atoms with van der Waals surface area (Å²) in [4.78, 5) is 0. The zero-order valence-corrected chi connectivity index (χ0v) is 14.2. The van der Waals surface area contributed by atoms with Crippen LogP contribution in [0.5, 0.6) is 0 Å². The van der Waals surface area contributed by atoms with Crippen LogP contribution < -0.4 is 10.3 Å². The summed E-state index contributed by atoms with van der Waals surface area (Å²) in [5.74, 6) is 0. The average Bonchev–Trinajstić information content (AvgIpc) is 2.54. The summed E-state index contributed by atoms with van der Waals surface area (Å²) in [7, 11) is 3.47. The normalized spacial score (nSPS) is 12.2. The monoisotopic (exact) mass is 355 g/mol. The summed E-state index contributed by atoms with van der Waals surface area (Å²) in [5, 5.41) is 9.59. The number of nitrogens with one attached hydrogen (secondary N) is 1. The molecule has 0 aromatic heterocycles. The molecule has 0 heterocycles. The number of hydrogen-bond acceptors (Lipinski definition) is 3. The van der Waals surface area contributed by atoms with Gasteiger partial charge in [-0.15, -0.1) is 0 Å². The first-order valence-corrected chi connectivity index (χ1v) is 7.54. The molecule has 0 radical (unpaired) electrons. The van der Waals surface area contributed by atoms with Crippen molar-refractivity contribution in [2.75, 3.05) is 24.4 Å². The van der Waals surface area contributed by atoms with E-state index >= 15 is 0 Å². The van der Waals surface area contributed by atoms with Crippen molar-refractivity contribution < 1.29 is 13.2 Å². The van der Waals surface area contributed by atoms with E-state index < -0.39 is 11.7 Å². The van der Waals surface area contributed by atoms with Crippen molar-refractivity contribution in [3.8, 4) is 0 Å². The van der Waals surface area contributed by atoms with Gasteiger partial charge in [0.1, 0.15) is 0 Å². The molecule has 0 bridgehead atoms. The van der Waals surface area contributed by atoms with Crippen LogP contribution in [-0.4, -0.2) is 19.8 Å².